The number of hydrogen-bond acceptors (Lipinski definition) is 6. The van der Waals surface area contributed by atoms with Crippen LogP contribution in [-0.2, 0) is 5.75 Å². The monoisotopic (exact) mass is 395 g/mol. The molecule has 0 bridgehead atoms. The molecule has 0 aliphatic carbocycles. The zero-order valence-corrected chi connectivity index (χ0v) is 15.6. The first-order chi connectivity index (χ1) is 12.1. The van der Waals surface area contributed by atoms with Gasteiger partial charge in [-0.25, -0.2) is 9.66 Å². The number of rotatable bonds is 6. The second-order valence-electron chi connectivity index (χ2n) is 5.01. The standard InChI is InChI=1S/C16H15Cl2N5OS/c1-2-24-12-6-3-10(4-7-12)15-21-22-16(23(15)19)25-9-11-5-8-13(17)20-14(11)18/h3-8H,2,9,19H2,1H3. The number of nitrogens with two attached hydrogens (primary N) is 1. The van der Waals surface area contributed by atoms with Gasteiger partial charge < -0.3 is 10.6 Å². The average Bonchev–Trinajstić information content (AvgIpc) is 2.96. The molecule has 0 atom stereocenters. The fourth-order valence-corrected chi connectivity index (χ4v) is 3.46. The first-order valence-corrected chi connectivity index (χ1v) is 9.20. The summed E-state index contributed by atoms with van der Waals surface area (Å²) >= 11 is 13.3. The molecule has 25 heavy (non-hydrogen) atoms. The van der Waals surface area contributed by atoms with Gasteiger partial charge in [0, 0.05) is 11.3 Å². The molecule has 0 aliphatic rings. The van der Waals surface area contributed by atoms with E-state index in [-0.39, 0.29) is 0 Å². The number of halogens is 2. The van der Waals surface area contributed by atoms with Crippen molar-refractivity contribution in [3.8, 4) is 17.1 Å². The molecule has 1 aromatic carbocycles. The molecule has 0 fully saturated rings. The van der Waals surface area contributed by atoms with E-state index in [4.69, 9.17) is 33.8 Å². The number of thioether (sulfide) groups is 1. The lowest BCUT2D eigenvalue weighted by Crippen LogP contribution is -2.11. The Kier molecular flexibility index (Phi) is 5.67. The Morgan fingerprint density at radius 1 is 1.12 bits per heavy atom. The number of nitrogen functional groups attached to an aromatic ring is 1. The molecule has 9 heteroatoms. The molecular weight excluding hydrogens is 381 g/mol. The number of pyridine rings is 1. The minimum absolute atomic E-state index is 0.360. The summed E-state index contributed by atoms with van der Waals surface area (Å²) in [5.41, 5.74) is 1.71. The van der Waals surface area contributed by atoms with Crippen LogP contribution in [0.5, 0.6) is 5.75 Å². The van der Waals surface area contributed by atoms with Gasteiger partial charge in [-0.1, -0.05) is 41.0 Å². The van der Waals surface area contributed by atoms with E-state index >= 15 is 0 Å². The summed E-state index contributed by atoms with van der Waals surface area (Å²) < 4.78 is 6.89. The molecule has 0 spiro atoms. The highest BCUT2D eigenvalue weighted by Crippen LogP contribution is 2.28. The van der Waals surface area contributed by atoms with E-state index in [2.05, 4.69) is 15.2 Å². The Bertz CT molecular complexity index is 869. The van der Waals surface area contributed by atoms with Crippen LogP contribution in [0.2, 0.25) is 10.3 Å². The van der Waals surface area contributed by atoms with Gasteiger partial charge in [-0.15, -0.1) is 10.2 Å². The quantitative estimate of drug-likeness (QED) is 0.385. The molecule has 0 saturated heterocycles. The van der Waals surface area contributed by atoms with Crippen molar-refractivity contribution < 1.29 is 4.74 Å². The van der Waals surface area contributed by atoms with Crippen LogP contribution < -0.4 is 10.6 Å². The first kappa shape index (κ1) is 17.8. The van der Waals surface area contributed by atoms with E-state index in [1.165, 1.54) is 16.4 Å². The Morgan fingerprint density at radius 2 is 1.88 bits per heavy atom. The van der Waals surface area contributed by atoms with Crippen LogP contribution >= 0.6 is 35.0 Å². The molecule has 0 aliphatic heterocycles. The van der Waals surface area contributed by atoms with Crippen molar-refractivity contribution in [2.45, 2.75) is 17.8 Å². The molecule has 0 unspecified atom stereocenters. The van der Waals surface area contributed by atoms with Crippen molar-refractivity contribution in [2.24, 2.45) is 0 Å². The Labute approximate surface area is 159 Å². The largest absolute Gasteiger partial charge is 0.494 e. The van der Waals surface area contributed by atoms with E-state index in [9.17, 15) is 0 Å². The lowest BCUT2D eigenvalue weighted by molar-refractivity contribution is 0.340. The van der Waals surface area contributed by atoms with Gasteiger partial charge in [0.05, 0.1) is 6.61 Å². The van der Waals surface area contributed by atoms with E-state index in [1.807, 2.05) is 37.3 Å². The summed E-state index contributed by atoms with van der Waals surface area (Å²) in [6.45, 7) is 2.56. The van der Waals surface area contributed by atoms with Crippen LogP contribution in [0.15, 0.2) is 41.6 Å². The van der Waals surface area contributed by atoms with Gasteiger partial charge >= 0.3 is 0 Å². The molecule has 2 aromatic heterocycles. The van der Waals surface area contributed by atoms with Crippen LogP contribution in [0.25, 0.3) is 11.4 Å². The predicted molar refractivity (Wildman–Crippen MR) is 101 cm³/mol. The molecule has 2 heterocycles. The summed E-state index contributed by atoms with van der Waals surface area (Å²) in [7, 11) is 0. The molecular formula is C16H15Cl2N5OS. The van der Waals surface area contributed by atoms with E-state index in [0.717, 1.165) is 16.9 Å². The van der Waals surface area contributed by atoms with E-state index in [1.54, 1.807) is 6.07 Å². The summed E-state index contributed by atoms with van der Waals surface area (Å²) in [5.74, 6) is 8.06. The van der Waals surface area contributed by atoms with Crippen LogP contribution in [0.3, 0.4) is 0 Å². The zero-order valence-electron chi connectivity index (χ0n) is 13.3. The van der Waals surface area contributed by atoms with Gasteiger partial charge in [0.15, 0.2) is 5.82 Å². The zero-order chi connectivity index (χ0) is 17.8. The van der Waals surface area contributed by atoms with E-state index < -0.39 is 0 Å². The third kappa shape index (κ3) is 4.18. The van der Waals surface area contributed by atoms with Crippen molar-refractivity contribution in [2.75, 3.05) is 12.4 Å². The van der Waals surface area contributed by atoms with Crippen molar-refractivity contribution >= 4 is 35.0 Å². The maximum absolute atomic E-state index is 6.13. The maximum atomic E-state index is 6.13. The molecule has 0 saturated carbocycles. The minimum atomic E-state index is 0.360. The average molecular weight is 396 g/mol. The SMILES string of the molecule is CCOc1ccc(-c2nnc(SCc3ccc(Cl)nc3Cl)n2N)cc1. The van der Waals surface area contributed by atoms with Crippen molar-refractivity contribution in [3.05, 3.63) is 52.3 Å². The van der Waals surface area contributed by atoms with Gasteiger partial charge in [-0.3, -0.25) is 0 Å². The minimum Gasteiger partial charge on any atom is -0.494 e. The topological polar surface area (TPSA) is 78.9 Å². The fourth-order valence-electron chi connectivity index (χ4n) is 2.13. The second kappa shape index (κ2) is 7.95. The van der Waals surface area contributed by atoms with Crippen LogP contribution in [-0.4, -0.2) is 26.5 Å². The Morgan fingerprint density at radius 3 is 2.56 bits per heavy atom. The van der Waals surface area contributed by atoms with Gasteiger partial charge in [0.2, 0.25) is 5.16 Å². The molecule has 0 radical (unpaired) electrons. The number of benzene rings is 1. The van der Waals surface area contributed by atoms with Crippen LogP contribution in [0.4, 0.5) is 0 Å². The normalized spacial score (nSPS) is 10.8. The molecule has 3 aromatic rings. The predicted octanol–water partition coefficient (Wildman–Crippen LogP) is 4.05. The smallest absolute Gasteiger partial charge is 0.210 e. The number of nitrogens with zero attached hydrogens (tertiary/aromatic N) is 4. The van der Waals surface area contributed by atoms with E-state index in [0.29, 0.717) is 33.6 Å². The van der Waals surface area contributed by atoms with Crippen molar-refractivity contribution in [1.82, 2.24) is 19.9 Å². The second-order valence-corrected chi connectivity index (χ2v) is 6.69. The third-order valence-corrected chi connectivity index (χ3v) is 4.87. The van der Waals surface area contributed by atoms with Crippen LogP contribution in [0, 0.1) is 0 Å². The molecule has 3 rings (SSSR count). The lowest BCUT2D eigenvalue weighted by Gasteiger charge is -2.06. The van der Waals surface area contributed by atoms with Gasteiger partial charge in [-0.2, -0.15) is 0 Å². The number of aromatic nitrogens is 4. The third-order valence-electron chi connectivity index (χ3n) is 3.34. The number of hydrogen-bond donors (Lipinski definition) is 1. The highest BCUT2D eigenvalue weighted by atomic mass is 35.5. The summed E-state index contributed by atoms with van der Waals surface area (Å²) in [5, 5.41) is 9.62. The summed E-state index contributed by atoms with van der Waals surface area (Å²) in [4.78, 5) is 4.02. The van der Waals surface area contributed by atoms with Crippen LogP contribution in [0.1, 0.15) is 12.5 Å². The lowest BCUT2D eigenvalue weighted by atomic mass is 10.2. The molecule has 130 valence electrons. The van der Waals surface area contributed by atoms with Crippen molar-refractivity contribution in [1.29, 1.82) is 0 Å². The highest BCUT2D eigenvalue weighted by molar-refractivity contribution is 7.98. The first-order valence-electron chi connectivity index (χ1n) is 7.46. The summed E-state index contributed by atoms with van der Waals surface area (Å²) in [6, 6.07) is 11.1. The Balaban J connectivity index is 1.74. The van der Waals surface area contributed by atoms with Gasteiger partial charge in [0.25, 0.3) is 0 Å². The molecule has 6 nitrogen and oxygen atoms in total. The van der Waals surface area contributed by atoms with Crippen molar-refractivity contribution in [3.63, 3.8) is 0 Å². The molecule has 0 amide bonds. The fraction of sp³-hybridized carbons (Fsp3) is 0.188. The Hall–Kier alpha value is -1.96. The maximum Gasteiger partial charge on any atom is 0.210 e. The summed E-state index contributed by atoms with van der Waals surface area (Å²) in [6.07, 6.45) is 0. The molecule has 2 N–H and O–H groups in total. The van der Waals surface area contributed by atoms with Gasteiger partial charge in [-0.05, 0) is 42.8 Å². The highest BCUT2D eigenvalue weighted by Gasteiger charge is 2.13. The van der Waals surface area contributed by atoms with Gasteiger partial charge in [0.1, 0.15) is 16.1 Å². The number of ether oxygens (including phenoxy) is 1.